The fraction of sp³-hybridized carbons (Fsp3) is 0. The van der Waals surface area contributed by atoms with Gasteiger partial charge in [0.15, 0.2) is 5.58 Å². The summed E-state index contributed by atoms with van der Waals surface area (Å²) in [7, 11) is 0. The van der Waals surface area contributed by atoms with Gasteiger partial charge in [-0.25, -0.2) is 4.98 Å². The zero-order valence-corrected chi connectivity index (χ0v) is 16.6. The Morgan fingerprint density at radius 1 is 0.733 bits per heavy atom. The summed E-state index contributed by atoms with van der Waals surface area (Å²) in [5, 5.41) is 9.78. The quantitative estimate of drug-likeness (QED) is 0.314. The van der Waals surface area contributed by atoms with Gasteiger partial charge in [0.2, 0.25) is 5.89 Å². The van der Waals surface area contributed by atoms with Crippen molar-refractivity contribution in [3.63, 3.8) is 0 Å². The van der Waals surface area contributed by atoms with Gasteiger partial charge in [0.25, 0.3) is 0 Å². The molecule has 0 fully saturated rings. The SMILES string of the molecule is N#Cc1cccc(-c2cc(Cl)cc3oc(-c4ccc(-c5ccccc5)cc4)nc23)c1. The Morgan fingerprint density at radius 2 is 1.43 bits per heavy atom. The van der Waals surface area contributed by atoms with E-state index in [1.807, 2.05) is 54.6 Å². The normalized spacial score (nSPS) is 10.8. The van der Waals surface area contributed by atoms with Gasteiger partial charge in [-0.3, -0.25) is 0 Å². The molecule has 0 spiro atoms. The van der Waals surface area contributed by atoms with Crippen LogP contribution in [-0.2, 0) is 0 Å². The molecule has 1 aromatic heterocycles. The first-order chi connectivity index (χ1) is 14.7. The molecule has 0 saturated carbocycles. The standard InChI is InChI=1S/C26H15ClN2O/c27-22-14-23(21-8-4-5-17(13-21)16-28)25-24(15-22)30-26(29-25)20-11-9-19(10-12-20)18-6-2-1-3-7-18/h1-15H. The number of halogens is 1. The van der Waals surface area contributed by atoms with E-state index in [2.05, 4.69) is 30.3 Å². The van der Waals surface area contributed by atoms with Crippen molar-refractivity contribution in [2.45, 2.75) is 0 Å². The van der Waals surface area contributed by atoms with Crippen LogP contribution in [0.15, 0.2) is 95.4 Å². The smallest absolute Gasteiger partial charge is 0.227 e. The third kappa shape index (κ3) is 3.34. The van der Waals surface area contributed by atoms with Crippen molar-refractivity contribution in [1.82, 2.24) is 4.98 Å². The second-order valence-corrected chi connectivity index (χ2v) is 7.39. The molecule has 142 valence electrons. The first-order valence-electron chi connectivity index (χ1n) is 9.48. The lowest BCUT2D eigenvalue weighted by molar-refractivity contribution is 0.620. The lowest BCUT2D eigenvalue weighted by atomic mass is 10.0. The molecule has 0 aliphatic carbocycles. The number of oxazole rings is 1. The molecule has 5 aromatic rings. The van der Waals surface area contributed by atoms with Crippen LogP contribution in [0.3, 0.4) is 0 Å². The molecule has 0 unspecified atom stereocenters. The van der Waals surface area contributed by atoms with Crippen molar-refractivity contribution < 1.29 is 4.42 Å². The summed E-state index contributed by atoms with van der Waals surface area (Å²) in [5.74, 6) is 0.532. The summed E-state index contributed by atoms with van der Waals surface area (Å²) in [4.78, 5) is 4.75. The predicted molar refractivity (Wildman–Crippen MR) is 120 cm³/mol. The number of nitriles is 1. The number of benzene rings is 4. The minimum atomic E-state index is 0.532. The van der Waals surface area contributed by atoms with E-state index < -0.39 is 0 Å². The Morgan fingerprint density at radius 3 is 2.20 bits per heavy atom. The molecule has 1 heterocycles. The highest BCUT2D eigenvalue weighted by Crippen LogP contribution is 2.35. The first-order valence-corrected chi connectivity index (χ1v) is 9.85. The summed E-state index contributed by atoms with van der Waals surface area (Å²) in [6, 6.07) is 31.5. The van der Waals surface area contributed by atoms with Crippen LogP contribution in [0.1, 0.15) is 5.56 Å². The zero-order valence-electron chi connectivity index (χ0n) is 15.8. The van der Waals surface area contributed by atoms with Crippen LogP contribution < -0.4 is 0 Å². The lowest BCUT2D eigenvalue weighted by Crippen LogP contribution is -1.84. The Balaban J connectivity index is 1.59. The molecule has 4 heteroatoms. The Bertz CT molecular complexity index is 1400. The van der Waals surface area contributed by atoms with Crippen LogP contribution in [0.2, 0.25) is 5.02 Å². The van der Waals surface area contributed by atoms with Gasteiger partial charge in [-0.05, 0) is 47.0 Å². The second kappa shape index (κ2) is 7.51. The minimum Gasteiger partial charge on any atom is -0.436 e. The van der Waals surface area contributed by atoms with Crippen LogP contribution >= 0.6 is 11.6 Å². The molecule has 0 atom stereocenters. The van der Waals surface area contributed by atoms with Crippen LogP contribution in [-0.4, -0.2) is 4.98 Å². The highest BCUT2D eigenvalue weighted by molar-refractivity contribution is 6.31. The molecule has 30 heavy (non-hydrogen) atoms. The number of hydrogen-bond donors (Lipinski definition) is 0. The molecule has 4 aromatic carbocycles. The number of hydrogen-bond acceptors (Lipinski definition) is 3. The topological polar surface area (TPSA) is 49.8 Å². The van der Waals surface area contributed by atoms with E-state index in [0.29, 0.717) is 22.1 Å². The summed E-state index contributed by atoms with van der Waals surface area (Å²) < 4.78 is 6.04. The molecule has 0 bridgehead atoms. The van der Waals surface area contributed by atoms with Gasteiger partial charge in [-0.15, -0.1) is 0 Å². The molecular formula is C26H15ClN2O. The molecule has 0 amide bonds. The van der Waals surface area contributed by atoms with Gasteiger partial charge < -0.3 is 4.42 Å². The Kier molecular flexibility index (Phi) is 4.55. The van der Waals surface area contributed by atoms with Crippen LogP contribution in [0.25, 0.3) is 44.8 Å². The highest BCUT2D eigenvalue weighted by atomic mass is 35.5. The molecule has 5 rings (SSSR count). The van der Waals surface area contributed by atoms with Gasteiger partial charge in [0.05, 0.1) is 11.6 Å². The molecule has 0 saturated heterocycles. The van der Waals surface area contributed by atoms with Gasteiger partial charge in [0, 0.05) is 22.2 Å². The van der Waals surface area contributed by atoms with E-state index in [4.69, 9.17) is 21.0 Å². The molecule has 0 aliphatic heterocycles. The summed E-state index contributed by atoms with van der Waals surface area (Å²) in [6.45, 7) is 0. The average molecular weight is 407 g/mol. The van der Waals surface area contributed by atoms with Crippen LogP contribution in [0.5, 0.6) is 0 Å². The Hall–Kier alpha value is -3.87. The molecule has 0 N–H and O–H groups in total. The monoisotopic (exact) mass is 406 g/mol. The van der Waals surface area contributed by atoms with E-state index in [-0.39, 0.29) is 0 Å². The first kappa shape index (κ1) is 18.2. The largest absolute Gasteiger partial charge is 0.436 e. The van der Waals surface area contributed by atoms with Gasteiger partial charge in [-0.1, -0.05) is 66.2 Å². The van der Waals surface area contributed by atoms with E-state index in [1.165, 1.54) is 0 Å². The number of nitrogens with zero attached hydrogens (tertiary/aromatic N) is 2. The third-order valence-electron chi connectivity index (χ3n) is 5.00. The molecule has 0 aliphatic rings. The van der Waals surface area contributed by atoms with Crippen molar-refractivity contribution in [3.05, 3.63) is 102 Å². The fourth-order valence-corrected chi connectivity index (χ4v) is 3.74. The average Bonchev–Trinajstić information content (AvgIpc) is 3.23. The number of fused-ring (bicyclic) bond motifs is 1. The van der Waals surface area contributed by atoms with Crippen LogP contribution in [0, 0.1) is 11.3 Å². The van der Waals surface area contributed by atoms with E-state index in [0.717, 1.165) is 33.3 Å². The van der Waals surface area contributed by atoms with Gasteiger partial charge >= 0.3 is 0 Å². The molecular weight excluding hydrogens is 392 g/mol. The van der Waals surface area contributed by atoms with Gasteiger partial charge in [-0.2, -0.15) is 5.26 Å². The maximum absolute atomic E-state index is 9.22. The van der Waals surface area contributed by atoms with E-state index >= 15 is 0 Å². The Labute approximate surface area is 178 Å². The summed E-state index contributed by atoms with van der Waals surface area (Å²) in [6.07, 6.45) is 0. The maximum Gasteiger partial charge on any atom is 0.227 e. The number of aromatic nitrogens is 1. The van der Waals surface area contributed by atoms with Crippen LogP contribution in [0.4, 0.5) is 0 Å². The second-order valence-electron chi connectivity index (χ2n) is 6.96. The highest BCUT2D eigenvalue weighted by Gasteiger charge is 2.15. The van der Waals surface area contributed by atoms with Crippen molar-refractivity contribution in [3.8, 4) is 39.8 Å². The third-order valence-corrected chi connectivity index (χ3v) is 5.22. The lowest BCUT2D eigenvalue weighted by Gasteiger charge is -2.03. The molecule has 3 nitrogen and oxygen atoms in total. The fourth-order valence-electron chi connectivity index (χ4n) is 3.53. The summed E-state index contributed by atoms with van der Waals surface area (Å²) >= 11 is 6.34. The summed E-state index contributed by atoms with van der Waals surface area (Å²) in [5.41, 5.74) is 6.81. The maximum atomic E-state index is 9.22. The van der Waals surface area contributed by atoms with E-state index in [1.54, 1.807) is 12.1 Å². The van der Waals surface area contributed by atoms with E-state index in [9.17, 15) is 5.26 Å². The van der Waals surface area contributed by atoms with Crippen molar-refractivity contribution >= 4 is 22.7 Å². The van der Waals surface area contributed by atoms with Crippen molar-refractivity contribution in [2.75, 3.05) is 0 Å². The zero-order chi connectivity index (χ0) is 20.5. The minimum absolute atomic E-state index is 0.532. The molecule has 0 radical (unpaired) electrons. The van der Waals surface area contributed by atoms with Crippen molar-refractivity contribution in [2.24, 2.45) is 0 Å². The van der Waals surface area contributed by atoms with Gasteiger partial charge in [0.1, 0.15) is 5.52 Å². The number of rotatable bonds is 3. The predicted octanol–water partition coefficient (Wildman–Crippen LogP) is 7.35. The van der Waals surface area contributed by atoms with Crippen molar-refractivity contribution in [1.29, 1.82) is 5.26 Å².